The fraction of sp³-hybridized carbons (Fsp3) is 0.176. The Morgan fingerprint density at radius 2 is 2.10 bits per heavy atom. The Kier molecular flexibility index (Phi) is 5.21. The molecule has 0 N–H and O–H groups in total. The van der Waals surface area contributed by atoms with Crippen LogP contribution in [0, 0.1) is 30.1 Å². The first-order valence-electron chi connectivity index (χ1n) is 6.35. The maximum atomic E-state index is 8.85. The highest BCUT2D eigenvalue weighted by molar-refractivity contribution is 6.19. The second kappa shape index (κ2) is 7.33. The van der Waals surface area contributed by atoms with Crippen LogP contribution >= 0.6 is 11.6 Å². The van der Waals surface area contributed by atoms with Crippen LogP contribution in [0.25, 0.3) is 0 Å². The molecule has 0 amide bonds. The van der Waals surface area contributed by atoms with Crippen molar-refractivity contribution in [2.45, 2.75) is 13.5 Å². The Morgan fingerprint density at radius 1 is 1.24 bits per heavy atom. The van der Waals surface area contributed by atoms with Gasteiger partial charge < -0.3 is 4.74 Å². The summed E-state index contributed by atoms with van der Waals surface area (Å²) in [5, 5.41) is 8.85. The van der Waals surface area contributed by atoms with Gasteiger partial charge in [-0.1, -0.05) is 17.9 Å². The van der Waals surface area contributed by atoms with Gasteiger partial charge in [-0.2, -0.15) is 5.26 Å². The van der Waals surface area contributed by atoms with Gasteiger partial charge in [0, 0.05) is 11.8 Å². The first-order chi connectivity index (χ1) is 10.2. The minimum absolute atomic E-state index is 0.287. The first kappa shape index (κ1) is 14.9. The first-order valence-corrected chi connectivity index (χ1v) is 6.88. The highest BCUT2D eigenvalue weighted by Crippen LogP contribution is 2.16. The van der Waals surface area contributed by atoms with Gasteiger partial charge in [0.15, 0.2) is 0 Å². The molecule has 1 aromatic carbocycles. The Balaban J connectivity index is 2.08. The number of nitrogens with zero attached hydrogens (tertiary/aromatic N) is 2. The van der Waals surface area contributed by atoms with Crippen LogP contribution in [0.5, 0.6) is 5.75 Å². The number of benzene rings is 1. The molecule has 0 aliphatic heterocycles. The molecule has 1 aromatic heterocycles. The van der Waals surface area contributed by atoms with Crippen molar-refractivity contribution in [3.63, 3.8) is 0 Å². The summed E-state index contributed by atoms with van der Waals surface area (Å²) in [7, 11) is 0. The van der Waals surface area contributed by atoms with Crippen molar-refractivity contribution in [1.29, 1.82) is 5.26 Å². The van der Waals surface area contributed by atoms with Crippen LogP contribution in [-0.4, -0.2) is 10.9 Å². The third-order valence-corrected chi connectivity index (χ3v) is 3.01. The zero-order chi connectivity index (χ0) is 15.1. The molecule has 0 saturated carbocycles. The largest absolute Gasteiger partial charge is 0.487 e. The van der Waals surface area contributed by atoms with Gasteiger partial charge in [0.1, 0.15) is 12.4 Å². The van der Waals surface area contributed by atoms with E-state index in [1.807, 2.05) is 25.1 Å². The van der Waals surface area contributed by atoms with Gasteiger partial charge in [-0.25, -0.2) is 0 Å². The van der Waals surface area contributed by atoms with E-state index in [1.54, 1.807) is 18.5 Å². The van der Waals surface area contributed by atoms with E-state index in [9.17, 15) is 0 Å². The molecule has 0 radical (unpaired) electrons. The van der Waals surface area contributed by atoms with Crippen LogP contribution in [0.3, 0.4) is 0 Å². The molecule has 3 nitrogen and oxygen atoms in total. The highest BCUT2D eigenvalue weighted by Gasteiger charge is 2.02. The summed E-state index contributed by atoms with van der Waals surface area (Å²) in [6, 6.07) is 9.48. The highest BCUT2D eigenvalue weighted by atomic mass is 35.5. The van der Waals surface area contributed by atoms with Crippen molar-refractivity contribution in [3.8, 4) is 23.7 Å². The van der Waals surface area contributed by atoms with Crippen molar-refractivity contribution in [1.82, 2.24) is 4.98 Å². The minimum Gasteiger partial charge on any atom is -0.487 e. The number of hydrogen-bond acceptors (Lipinski definition) is 3. The van der Waals surface area contributed by atoms with E-state index in [4.69, 9.17) is 21.6 Å². The van der Waals surface area contributed by atoms with Gasteiger partial charge >= 0.3 is 0 Å². The number of hydrogen-bond donors (Lipinski definition) is 0. The maximum Gasteiger partial charge on any atom is 0.139 e. The topological polar surface area (TPSA) is 45.9 Å². The lowest BCUT2D eigenvalue weighted by molar-refractivity contribution is 0.304. The number of halogens is 1. The smallest absolute Gasteiger partial charge is 0.139 e. The van der Waals surface area contributed by atoms with Crippen molar-refractivity contribution >= 4 is 11.6 Å². The molecule has 1 heterocycles. The van der Waals surface area contributed by atoms with E-state index in [-0.39, 0.29) is 5.88 Å². The minimum atomic E-state index is 0.287. The number of alkyl halides is 1. The van der Waals surface area contributed by atoms with Crippen molar-refractivity contribution in [2.24, 2.45) is 0 Å². The Hall–Kier alpha value is -2.49. The number of nitriles is 1. The number of aromatic nitrogens is 1. The summed E-state index contributed by atoms with van der Waals surface area (Å²) in [6.07, 6.45) is 3.31. The van der Waals surface area contributed by atoms with E-state index < -0.39 is 0 Å². The van der Waals surface area contributed by atoms with Gasteiger partial charge in [-0.05, 0) is 36.2 Å². The Labute approximate surface area is 129 Å². The Morgan fingerprint density at radius 3 is 2.81 bits per heavy atom. The lowest BCUT2D eigenvalue weighted by Gasteiger charge is -2.09. The van der Waals surface area contributed by atoms with Gasteiger partial charge in [-0.3, -0.25) is 4.98 Å². The monoisotopic (exact) mass is 296 g/mol. The summed E-state index contributed by atoms with van der Waals surface area (Å²) >= 11 is 5.53. The van der Waals surface area contributed by atoms with Crippen LogP contribution in [0.4, 0.5) is 0 Å². The quantitative estimate of drug-likeness (QED) is 0.644. The second-order valence-electron chi connectivity index (χ2n) is 4.39. The molecule has 2 rings (SSSR count). The molecule has 0 unspecified atom stereocenters. The molecule has 104 valence electrons. The summed E-state index contributed by atoms with van der Waals surface area (Å²) in [5.74, 6) is 6.62. The number of aryl methyl sites for hydroxylation is 1. The maximum absolute atomic E-state index is 8.85. The van der Waals surface area contributed by atoms with E-state index >= 15 is 0 Å². The molecule has 0 fully saturated rings. The van der Waals surface area contributed by atoms with Crippen molar-refractivity contribution in [2.75, 3.05) is 5.88 Å². The van der Waals surface area contributed by atoms with Crippen molar-refractivity contribution < 1.29 is 4.74 Å². The van der Waals surface area contributed by atoms with Crippen LogP contribution < -0.4 is 4.74 Å². The number of ether oxygens (including phenoxy) is 1. The molecule has 0 spiro atoms. The third-order valence-electron chi connectivity index (χ3n) is 2.88. The zero-order valence-corrected chi connectivity index (χ0v) is 12.3. The average molecular weight is 297 g/mol. The molecule has 0 saturated heterocycles. The zero-order valence-electron chi connectivity index (χ0n) is 11.6. The van der Waals surface area contributed by atoms with Crippen LogP contribution in [0.15, 0.2) is 36.7 Å². The average Bonchev–Trinajstić information content (AvgIpc) is 2.52. The van der Waals surface area contributed by atoms with Gasteiger partial charge in [0.2, 0.25) is 0 Å². The van der Waals surface area contributed by atoms with Gasteiger partial charge in [-0.15, -0.1) is 11.6 Å². The fourth-order valence-corrected chi connectivity index (χ4v) is 1.86. The molecule has 21 heavy (non-hydrogen) atoms. The molecule has 0 aliphatic carbocycles. The number of pyridine rings is 1. The lowest BCUT2D eigenvalue weighted by atomic mass is 10.1. The number of rotatable bonds is 3. The summed E-state index contributed by atoms with van der Waals surface area (Å²) < 4.78 is 5.72. The predicted octanol–water partition coefficient (Wildman–Crippen LogP) is 3.43. The van der Waals surface area contributed by atoms with Crippen molar-refractivity contribution in [3.05, 3.63) is 58.9 Å². The SMILES string of the molecule is Cc1cc(C#N)ccc1COc1cncc(C#CCCl)c1. The Bertz CT molecular complexity index is 738. The summed E-state index contributed by atoms with van der Waals surface area (Å²) in [4.78, 5) is 4.09. The second-order valence-corrected chi connectivity index (χ2v) is 4.65. The lowest BCUT2D eigenvalue weighted by Crippen LogP contribution is -1.99. The standard InChI is InChI=1S/C17H13ClN2O/c1-13-7-14(9-19)4-5-16(13)12-21-17-8-15(3-2-6-18)10-20-11-17/h4-5,7-8,10-11H,6,12H2,1H3. The van der Waals surface area contributed by atoms with Crippen LogP contribution in [-0.2, 0) is 6.61 Å². The van der Waals surface area contributed by atoms with Crippen LogP contribution in [0.1, 0.15) is 22.3 Å². The normalized spacial score (nSPS) is 9.38. The van der Waals surface area contributed by atoms with E-state index in [0.717, 1.165) is 16.7 Å². The van der Waals surface area contributed by atoms with Gasteiger partial charge in [0.05, 0.1) is 23.7 Å². The van der Waals surface area contributed by atoms with E-state index in [0.29, 0.717) is 17.9 Å². The molecule has 0 aliphatic rings. The summed E-state index contributed by atoms with van der Waals surface area (Å²) in [6.45, 7) is 2.38. The van der Waals surface area contributed by atoms with Crippen LogP contribution in [0.2, 0.25) is 0 Å². The fourth-order valence-electron chi connectivity index (χ4n) is 1.79. The molecular formula is C17H13ClN2O. The molecule has 4 heteroatoms. The molecular weight excluding hydrogens is 284 g/mol. The van der Waals surface area contributed by atoms with E-state index in [1.165, 1.54) is 0 Å². The van der Waals surface area contributed by atoms with Gasteiger partial charge in [0.25, 0.3) is 0 Å². The van der Waals surface area contributed by atoms with E-state index in [2.05, 4.69) is 22.9 Å². The third kappa shape index (κ3) is 4.24. The summed E-state index contributed by atoms with van der Waals surface area (Å²) in [5.41, 5.74) is 3.48. The molecule has 0 atom stereocenters. The molecule has 0 bridgehead atoms. The predicted molar refractivity (Wildman–Crippen MR) is 82.1 cm³/mol. The molecule has 2 aromatic rings.